The molecule has 0 saturated carbocycles. The highest BCUT2D eigenvalue weighted by Crippen LogP contribution is 2.22. The van der Waals surface area contributed by atoms with Crippen molar-refractivity contribution < 1.29 is 14.7 Å². The minimum Gasteiger partial charge on any atom is -0.394 e. The number of carbonyl (C=O) groups excluding carboxylic acids is 2. The summed E-state index contributed by atoms with van der Waals surface area (Å²) >= 11 is 0. The number of aliphatic hydroxyl groups excluding tert-OH is 1. The first kappa shape index (κ1) is 14.5. The van der Waals surface area contributed by atoms with Crippen molar-refractivity contribution in [1.82, 2.24) is 4.90 Å². The molecule has 0 aromatic heterocycles. The maximum absolute atomic E-state index is 12.5. The minimum absolute atomic E-state index is 0.00620. The fourth-order valence-electron chi connectivity index (χ4n) is 2.76. The van der Waals surface area contributed by atoms with Gasteiger partial charge in [0.05, 0.1) is 19.2 Å². The lowest BCUT2D eigenvalue weighted by Crippen LogP contribution is -2.37. The third kappa shape index (κ3) is 2.78. The van der Waals surface area contributed by atoms with Crippen LogP contribution in [0.2, 0.25) is 0 Å². The first-order valence-corrected chi connectivity index (χ1v) is 7.28. The van der Waals surface area contributed by atoms with Gasteiger partial charge in [-0.1, -0.05) is 42.5 Å². The molecule has 112 valence electrons. The quantitative estimate of drug-likeness (QED) is 0.943. The summed E-state index contributed by atoms with van der Waals surface area (Å²) in [6.07, 6.45) is 0.240. The average Bonchev–Trinajstić information content (AvgIpc) is 2.96. The van der Waals surface area contributed by atoms with Gasteiger partial charge in [0.25, 0.3) is 5.91 Å². The first-order chi connectivity index (χ1) is 10.7. The number of benzene rings is 2. The van der Waals surface area contributed by atoms with Gasteiger partial charge in [0.15, 0.2) is 5.78 Å². The summed E-state index contributed by atoms with van der Waals surface area (Å²) in [5, 5.41) is 9.30. The third-order valence-electron chi connectivity index (χ3n) is 3.96. The van der Waals surface area contributed by atoms with Crippen LogP contribution in [0, 0.1) is 0 Å². The van der Waals surface area contributed by atoms with Crippen molar-refractivity contribution in [1.29, 1.82) is 0 Å². The lowest BCUT2D eigenvalue weighted by Gasteiger charge is -2.22. The molecule has 2 aromatic rings. The molecule has 1 fully saturated rings. The molecule has 0 radical (unpaired) electrons. The van der Waals surface area contributed by atoms with E-state index in [0.29, 0.717) is 5.56 Å². The molecular weight excluding hydrogens is 278 g/mol. The minimum atomic E-state index is -0.395. The summed E-state index contributed by atoms with van der Waals surface area (Å²) < 4.78 is 0. The molecule has 1 aliphatic rings. The van der Waals surface area contributed by atoms with Crippen LogP contribution in [0.15, 0.2) is 54.6 Å². The lowest BCUT2D eigenvalue weighted by molar-refractivity contribution is -0.116. The van der Waals surface area contributed by atoms with Crippen LogP contribution in [0.3, 0.4) is 0 Å². The monoisotopic (exact) mass is 295 g/mol. The molecule has 2 aromatic carbocycles. The van der Waals surface area contributed by atoms with Crippen molar-refractivity contribution in [3.63, 3.8) is 0 Å². The van der Waals surface area contributed by atoms with Crippen LogP contribution in [0.5, 0.6) is 0 Å². The fraction of sp³-hybridized carbons (Fsp3) is 0.222. The number of carbonyl (C=O) groups is 2. The highest BCUT2D eigenvalue weighted by atomic mass is 16.3. The van der Waals surface area contributed by atoms with Crippen LogP contribution in [0.1, 0.15) is 16.8 Å². The van der Waals surface area contributed by atoms with Gasteiger partial charge in [-0.2, -0.15) is 0 Å². The molecule has 1 amide bonds. The Kier molecular flexibility index (Phi) is 4.02. The maximum atomic E-state index is 12.5. The van der Waals surface area contributed by atoms with Crippen molar-refractivity contribution in [3.8, 4) is 11.1 Å². The molecule has 0 aliphatic carbocycles. The molecule has 4 nitrogen and oxygen atoms in total. The zero-order chi connectivity index (χ0) is 15.5. The Hall–Kier alpha value is -2.46. The van der Waals surface area contributed by atoms with E-state index in [0.717, 1.165) is 11.1 Å². The molecule has 0 spiro atoms. The first-order valence-electron chi connectivity index (χ1n) is 7.28. The molecule has 0 unspecified atom stereocenters. The van der Waals surface area contributed by atoms with Crippen LogP contribution >= 0.6 is 0 Å². The number of likely N-dealkylation sites (tertiary alicyclic amines) is 1. The van der Waals surface area contributed by atoms with Gasteiger partial charge in [0.1, 0.15) is 0 Å². The van der Waals surface area contributed by atoms with Gasteiger partial charge in [-0.05, 0) is 23.3 Å². The van der Waals surface area contributed by atoms with Gasteiger partial charge in [0.2, 0.25) is 0 Å². The van der Waals surface area contributed by atoms with E-state index in [1.807, 2.05) is 42.5 Å². The Balaban J connectivity index is 1.81. The van der Waals surface area contributed by atoms with Crippen molar-refractivity contribution >= 4 is 11.7 Å². The Morgan fingerprint density at radius 3 is 2.32 bits per heavy atom. The van der Waals surface area contributed by atoms with E-state index in [1.54, 1.807) is 12.1 Å². The van der Waals surface area contributed by atoms with Crippen molar-refractivity contribution in [2.45, 2.75) is 12.5 Å². The second-order valence-electron chi connectivity index (χ2n) is 5.46. The summed E-state index contributed by atoms with van der Waals surface area (Å²) in [7, 11) is 0. The van der Waals surface area contributed by atoms with Crippen molar-refractivity contribution in [2.75, 3.05) is 13.2 Å². The molecule has 1 atom stereocenters. The molecule has 4 heteroatoms. The number of rotatable bonds is 3. The second kappa shape index (κ2) is 6.12. The van der Waals surface area contributed by atoms with Crippen molar-refractivity contribution in [2.24, 2.45) is 0 Å². The Labute approximate surface area is 129 Å². The Morgan fingerprint density at radius 1 is 1.05 bits per heavy atom. The van der Waals surface area contributed by atoms with E-state index in [4.69, 9.17) is 0 Å². The molecule has 1 saturated heterocycles. The molecule has 3 rings (SSSR count). The van der Waals surface area contributed by atoms with E-state index in [9.17, 15) is 14.7 Å². The summed E-state index contributed by atoms with van der Waals surface area (Å²) in [5.74, 6) is -0.210. The van der Waals surface area contributed by atoms with Crippen LogP contribution < -0.4 is 0 Å². The molecule has 0 bridgehead atoms. The van der Waals surface area contributed by atoms with E-state index < -0.39 is 6.04 Å². The molecule has 22 heavy (non-hydrogen) atoms. The highest BCUT2D eigenvalue weighted by molar-refractivity contribution is 5.99. The Bertz CT molecular complexity index is 679. The fourth-order valence-corrected chi connectivity index (χ4v) is 2.76. The predicted octanol–water partition coefficient (Wildman–Crippen LogP) is 2.13. The largest absolute Gasteiger partial charge is 0.394 e. The smallest absolute Gasteiger partial charge is 0.254 e. The highest BCUT2D eigenvalue weighted by Gasteiger charge is 2.33. The number of amides is 1. The van der Waals surface area contributed by atoms with E-state index >= 15 is 0 Å². The topological polar surface area (TPSA) is 57.6 Å². The van der Waals surface area contributed by atoms with Gasteiger partial charge in [-0.15, -0.1) is 0 Å². The predicted molar refractivity (Wildman–Crippen MR) is 83.4 cm³/mol. The SMILES string of the molecule is O=C1C[C@@H](CO)N(C(=O)c2ccc(-c3ccccc3)cc2)C1. The van der Waals surface area contributed by atoms with Crippen molar-refractivity contribution in [3.05, 3.63) is 60.2 Å². The summed E-state index contributed by atoms with van der Waals surface area (Å²) in [6, 6.07) is 16.9. The number of hydrogen-bond acceptors (Lipinski definition) is 3. The molecule has 1 aliphatic heterocycles. The second-order valence-corrected chi connectivity index (χ2v) is 5.46. The molecule has 1 N–H and O–H groups in total. The van der Waals surface area contributed by atoms with Crippen LogP contribution in [-0.4, -0.2) is 40.9 Å². The molecular formula is C18H17NO3. The van der Waals surface area contributed by atoms with Gasteiger partial charge in [-0.25, -0.2) is 0 Å². The van der Waals surface area contributed by atoms with Crippen LogP contribution in [0.4, 0.5) is 0 Å². The van der Waals surface area contributed by atoms with Crippen LogP contribution in [0.25, 0.3) is 11.1 Å². The molecule has 1 heterocycles. The van der Waals surface area contributed by atoms with Gasteiger partial charge in [-0.3, -0.25) is 9.59 Å². The number of hydrogen-bond donors (Lipinski definition) is 1. The number of Topliss-reactive ketones (excluding diaryl/α,β-unsaturated/α-hetero) is 1. The van der Waals surface area contributed by atoms with Crippen LogP contribution in [-0.2, 0) is 4.79 Å². The van der Waals surface area contributed by atoms with Gasteiger partial charge < -0.3 is 10.0 Å². The summed E-state index contributed by atoms with van der Waals surface area (Å²) in [6.45, 7) is -0.0932. The van der Waals surface area contributed by atoms with E-state index in [2.05, 4.69) is 0 Å². The Morgan fingerprint density at radius 2 is 1.68 bits per heavy atom. The zero-order valence-electron chi connectivity index (χ0n) is 12.1. The number of ketones is 1. The van der Waals surface area contributed by atoms with Gasteiger partial charge >= 0.3 is 0 Å². The summed E-state index contributed by atoms with van der Waals surface area (Å²) in [4.78, 5) is 25.4. The maximum Gasteiger partial charge on any atom is 0.254 e. The number of aliphatic hydroxyl groups is 1. The normalized spacial score (nSPS) is 17.8. The number of nitrogens with zero attached hydrogens (tertiary/aromatic N) is 1. The standard InChI is InChI=1S/C18H17NO3/c20-12-16-10-17(21)11-19(16)18(22)15-8-6-14(7-9-15)13-4-2-1-3-5-13/h1-9,16,20H,10-12H2/t16-/m0/s1. The lowest BCUT2D eigenvalue weighted by atomic mass is 10.0. The zero-order valence-corrected chi connectivity index (χ0v) is 12.1. The van der Waals surface area contributed by atoms with Gasteiger partial charge in [0, 0.05) is 12.0 Å². The van der Waals surface area contributed by atoms with E-state index in [1.165, 1.54) is 4.90 Å². The average molecular weight is 295 g/mol. The summed E-state index contributed by atoms with van der Waals surface area (Å²) in [5.41, 5.74) is 2.66. The van der Waals surface area contributed by atoms with E-state index in [-0.39, 0.29) is 31.3 Å². The third-order valence-corrected chi connectivity index (χ3v) is 3.96.